The van der Waals surface area contributed by atoms with Crippen molar-refractivity contribution in [2.45, 2.75) is 45.4 Å². The van der Waals surface area contributed by atoms with Crippen LogP contribution in [0.5, 0.6) is 11.5 Å². The van der Waals surface area contributed by atoms with Crippen LogP contribution in [0.15, 0.2) is 67.5 Å². The average Bonchev–Trinajstić information content (AvgIpc) is 3.44. The Morgan fingerprint density at radius 1 is 1.07 bits per heavy atom. The second-order valence-electron chi connectivity index (χ2n) is 11.4. The highest BCUT2D eigenvalue weighted by Crippen LogP contribution is 2.41. The SMILES string of the molecule is C=CC(=O)N1CCC(CCC)(CCCc2cc3c(Nc4cc(-c5ccc(F)cc5F)ccc4OC)ncnc3cc2OC)C1. The molecule has 1 aliphatic heterocycles. The van der Waals surface area contributed by atoms with Gasteiger partial charge in [0, 0.05) is 36.2 Å². The van der Waals surface area contributed by atoms with Crippen molar-refractivity contribution >= 4 is 28.3 Å². The molecule has 1 saturated heterocycles. The molecule has 0 saturated carbocycles. The predicted octanol–water partition coefficient (Wildman–Crippen LogP) is 7.86. The van der Waals surface area contributed by atoms with Crippen LogP contribution in [0.25, 0.3) is 22.0 Å². The van der Waals surface area contributed by atoms with Gasteiger partial charge in [0.15, 0.2) is 0 Å². The Morgan fingerprint density at radius 2 is 1.89 bits per heavy atom. The first-order valence-corrected chi connectivity index (χ1v) is 14.9. The number of hydrogen-bond donors (Lipinski definition) is 1. The van der Waals surface area contributed by atoms with Crippen molar-refractivity contribution in [2.75, 3.05) is 32.6 Å². The molecule has 4 aromatic rings. The van der Waals surface area contributed by atoms with Crippen molar-refractivity contribution in [3.05, 3.63) is 84.7 Å². The zero-order valence-electron chi connectivity index (χ0n) is 25.5. The molecule has 1 unspecified atom stereocenters. The maximum Gasteiger partial charge on any atom is 0.245 e. The fraction of sp³-hybridized carbons (Fsp3) is 0.343. The third-order valence-electron chi connectivity index (χ3n) is 8.59. The molecule has 0 spiro atoms. The van der Waals surface area contributed by atoms with Crippen LogP contribution in [0.3, 0.4) is 0 Å². The van der Waals surface area contributed by atoms with Crippen LogP contribution in [0, 0.1) is 17.0 Å². The number of amides is 1. The summed E-state index contributed by atoms with van der Waals surface area (Å²) in [6.45, 7) is 7.39. The van der Waals surface area contributed by atoms with E-state index in [1.54, 1.807) is 32.4 Å². The molecular weight excluding hydrogens is 562 g/mol. The van der Waals surface area contributed by atoms with Crippen LogP contribution in [-0.2, 0) is 11.2 Å². The smallest absolute Gasteiger partial charge is 0.245 e. The van der Waals surface area contributed by atoms with Gasteiger partial charge in [0.2, 0.25) is 5.91 Å². The molecule has 1 amide bonds. The summed E-state index contributed by atoms with van der Waals surface area (Å²) in [5.74, 6) is 0.579. The number of ether oxygens (including phenoxy) is 2. The summed E-state index contributed by atoms with van der Waals surface area (Å²) >= 11 is 0. The van der Waals surface area contributed by atoms with Gasteiger partial charge in [-0.25, -0.2) is 18.7 Å². The van der Waals surface area contributed by atoms with E-state index >= 15 is 0 Å². The molecule has 0 bridgehead atoms. The van der Waals surface area contributed by atoms with Crippen molar-refractivity contribution in [3.63, 3.8) is 0 Å². The van der Waals surface area contributed by atoms with Gasteiger partial charge < -0.3 is 19.7 Å². The zero-order chi connectivity index (χ0) is 31.3. The largest absolute Gasteiger partial charge is 0.496 e. The number of nitrogens with zero attached hydrogens (tertiary/aromatic N) is 3. The number of carbonyl (C=O) groups is 1. The molecule has 3 aromatic carbocycles. The van der Waals surface area contributed by atoms with Crippen LogP contribution in [0.2, 0.25) is 0 Å². The summed E-state index contributed by atoms with van der Waals surface area (Å²) in [4.78, 5) is 23.2. The second kappa shape index (κ2) is 13.4. The number of carbonyl (C=O) groups excluding carboxylic acids is 1. The van der Waals surface area contributed by atoms with Gasteiger partial charge >= 0.3 is 0 Å². The summed E-state index contributed by atoms with van der Waals surface area (Å²) in [6, 6.07) is 12.7. The summed E-state index contributed by atoms with van der Waals surface area (Å²) < 4.78 is 39.5. The number of aryl methyl sites for hydroxylation is 1. The minimum absolute atomic E-state index is 0.00386. The normalized spacial score (nSPS) is 16.2. The van der Waals surface area contributed by atoms with Gasteiger partial charge in [0.05, 0.1) is 25.4 Å². The highest BCUT2D eigenvalue weighted by Gasteiger charge is 2.38. The van der Waals surface area contributed by atoms with E-state index in [1.807, 2.05) is 11.0 Å². The molecule has 230 valence electrons. The number of halogens is 2. The van der Waals surface area contributed by atoms with Crippen molar-refractivity contribution in [1.29, 1.82) is 0 Å². The Balaban J connectivity index is 1.42. The van der Waals surface area contributed by atoms with Crippen molar-refractivity contribution in [3.8, 4) is 22.6 Å². The number of methoxy groups -OCH3 is 2. The van der Waals surface area contributed by atoms with Gasteiger partial charge in [0.1, 0.15) is 35.3 Å². The lowest BCUT2D eigenvalue weighted by Crippen LogP contribution is -2.31. The second-order valence-corrected chi connectivity index (χ2v) is 11.4. The van der Waals surface area contributed by atoms with Crippen LogP contribution in [0.4, 0.5) is 20.3 Å². The fourth-order valence-electron chi connectivity index (χ4n) is 6.41. The number of anilines is 2. The molecule has 5 rings (SSSR count). The minimum atomic E-state index is -0.649. The molecule has 1 atom stereocenters. The van der Waals surface area contributed by atoms with E-state index in [9.17, 15) is 13.6 Å². The number of fused-ring (bicyclic) bond motifs is 1. The van der Waals surface area contributed by atoms with Crippen LogP contribution >= 0.6 is 0 Å². The van der Waals surface area contributed by atoms with E-state index in [0.29, 0.717) is 28.3 Å². The summed E-state index contributed by atoms with van der Waals surface area (Å²) in [5, 5.41) is 4.16. The Labute approximate surface area is 256 Å². The first-order chi connectivity index (χ1) is 21.3. The molecule has 9 heteroatoms. The lowest BCUT2D eigenvalue weighted by atomic mass is 9.77. The van der Waals surface area contributed by atoms with Crippen LogP contribution in [0.1, 0.15) is 44.6 Å². The molecule has 0 radical (unpaired) electrons. The molecule has 44 heavy (non-hydrogen) atoms. The number of aromatic nitrogens is 2. The predicted molar refractivity (Wildman–Crippen MR) is 169 cm³/mol. The van der Waals surface area contributed by atoms with E-state index < -0.39 is 11.6 Å². The van der Waals surface area contributed by atoms with Crippen LogP contribution in [-0.4, -0.2) is 48.1 Å². The minimum Gasteiger partial charge on any atom is -0.496 e. The summed E-state index contributed by atoms with van der Waals surface area (Å²) in [6.07, 6.45) is 8.76. The Bertz CT molecular complexity index is 1680. The van der Waals surface area contributed by atoms with Gasteiger partial charge in [-0.05, 0) is 85.1 Å². The highest BCUT2D eigenvalue weighted by atomic mass is 19.1. The molecule has 2 heterocycles. The average molecular weight is 601 g/mol. The molecule has 7 nitrogen and oxygen atoms in total. The van der Waals surface area contributed by atoms with E-state index in [-0.39, 0.29) is 16.9 Å². The van der Waals surface area contributed by atoms with Crippen molar-refractivity contribution in [2.24, 2.45) is 5.41 Å². The lowest BCUT2D eigenvalue weighted by Gasteiger charge is -2.29. The zero-order valence-corrected chi connectivity index (χ0v) is 25.5. The van der Waals surface area contributed by atoms with E-state index in [4.69, 9.17) is 9.47 Å². The summed E-state index contributed by atoms with van der Waals surface area (Å²) in [5.41, 5.74) is 3.27. The van der Waals surface area contributed by atoms with Crippen molar-refractivity contribution in [1.82, 2.24) is 14.9 Å². The van der Waals surface area contributed by atoms with Gasteiger partial charge in [-0.15, -0.1) is 0 Å². The molecule has 1 aliphatic rings. The highest BCUT2D eigenvalue weighted by molar-refractivity contribution is 5.93. The van der Waals surface area contributed by atoms with Gasteiger partial charge in [-0.3, -0.25) is 4.79 Å². The van der Waals surface area contributed by atoms with Crippen LogP contribution < -0.4 is 14.8 Å². The Morgan fingerprint density at radius 3 is 2.61 bits per heavy atom. The number of hydrogen-bond acceptors (Lipinski definition) is 6. The Kier molecular flexibility index (Phi) is 9.42. The number of benzene rings is 3. The van der Waals surface area contributed by atoms with E-state index in [2.05, 4.69) is 34.9 Å². The standard InChI is InChI=1S/C35H38F2N4O3/c1-5-13-35(15-16-41(21-35)33(42)6-2)14-7-8-24-17-27-29(20-32(24)44-4)38-22-39-34(27)40-30-18-23(9-12-31(30)43-3)26-11-10-25(36)19-28(26)37/h6,9-12,17-20,22H,2,5,7-8,13-16,21H2,1,3-4H3,(H,38,39,40). The maximum absolute atomic E-state index is 14.6. The van der Waals surface area contributed by atoms with Gasteiger partial charge in [0.25, 0.3) is 0 Å². The van der Waals surface area contributed by atoms with Gasteiger partial charge in [-0.2, -0.15) is 0 Å². The topological polar surface area (TPSA) is 76.6 Å². The number of likely N-dealkylation sites (tertiary alicyclic amines) is 1. The molecule has 1 aromatic heterocycles. The third kappa shape index (κ3) is 6.51. The number of rotatable bonds is 12. The molecule has 0 aliphatic carbocycles. The van der Waals surface area contributed by atoms with E-state index in [0.717, 1.165) is 74.4 Å². The Hall–Kier alpha value is -4.53. The first-order valence-electron chi connectivity index (χ1n) is 14.9. The van der Waals surface area contributed by atoms with Gasteiger partial charge in [-0.1, -0.05) is 26.0 Å². The summed E-state index contributed by atoms with van der Waals surface area (Å²) in [7, 11) is 3.21. The lowest BCUT2D eigenvalue weighted by molar-refractivity contribution is -0.125. The quantitative estimate of drug-likeness (QED) is 0.167. The molecule has 1 N–H and O–H groups in total. The monoisotopic (exact) mass is 600 g/mol. The first kappa shape index (κ1) is 30.9. The maximum atomic E-state index is 14.6. The molecule has 1 fully saturated rings. The molecular formula is C35H38F2N4O3. The fourth-order valence-corrected chi connectivity index (χ4v) is 6.41. The third-order valence-corrected chi connectivity index (χ3v) is 8.59. The van der Waals surface area contributed by atoms with Crippen molar-refractivity contribution < 1.29 is 23.0 Å². The van der Waals surface area contributed by atoms with E-state index in [1.165, 1.54) is 24.5 Å². The number of nitrogens with one attached hydrogen (secondary N) is 1.